The number of likely N-dealkylation sites (N-methyl/N-ethyl adjacent to an activating group) is 1. The van der Waals surface area contributed by atoms with Crippen LogP contribution in [0.5, 0.6) is 0 Å². The van der Waals surface area contributed by atoms with Crippen molar-refractivity contribution in [1.82, 2.24) is 9.80 Å². The molecule has 1 aromatic rings. The number of imide groups is 2. The van der Waals surface area contributed by atoms with Crippen LogP contribution in [-0.2, 0) is 20.9 Å². The molecule has 2 rings (SSSR count). The van der Waals surface area contributed by atoms with Gasteiger partial charge in [0.15, 0.2) is 0 Å². The minimum Gasteiger partial charge on any atom is -0.465 e. The third kappa shape index (κ3) is 2.47. The summed E-state index contributed by atoms with van der Waals surface area (Å²) < 4.78 is 18.1. The maximum absolute atomic E-state index is 13.7. The average molecular weight is 294 g/mol. The third-order valence-corrected chi connectivity index (χ3v) is 3.03. The van der Waals surface area contributed by atoms with Gasteiger partial charge in [0.2, 0.25) is 0 Å². The number of methoxy groups -OCH3 is 1. The van der Waals surface area contributed by atoms with Crippen molar-refractivity contribution in [3.63, 3.8) is 0 Å². The van der Waals surface area contributed by atoms with Crippen LogP contribution in [0.3, 0.4) is 0 Å². The number of ether oxygens (including phenoxy) is 1. The molecular formula is C13H11FN2O5. The first-order valence-corrected chi connectivity index (χ1v) is 5.87. The summed E-state index contributed by atoms with van der Waals surface area (Å²) in [4.78, 5) is 47.2. The zero-order valence-corrected chi connectivity index (χ0v) is 11.3. The standard InChI is InChI=1S/C13H11FN2O5/c1-15-10(17)11(18)16(13(15)20)6-7-3-4-8(9(14)5-7)12(19)21-2/h3-5H,6H2,1-2H3. The lowest BCUT2D eigenvalue weighted by Gasteiger charge is -2.13. The summed E-state index contributed by atoms with van der Waals surface area (Å²) in [5.74, 6) is -3.58. The van der Waals surface area contributed by atoms with Gasteiger partial charge in [0.05, 0.1) is 19.2 Å². The Hall–Kier alpha value is -2.77. The van der Waals surface area contributed by atoms with Gasteiger partial charge in [-0.3, -0.25) is 19.4 Å². The highest BCUT2D eigenvalue weighted by atomic mass is 19.1. The van der Waals surface area contributed by atoms with Gasteiger partial charge in [-0.2, -0.15) is 0 Å². The van der Waals surface area contributed by atoms with Crippen molar-refractivity contribution in [2.24, 2.45) is 0 Å². The number of hydrogen-bond donors (Lipinski definition) is 0. The molecule has 0 radical (unpaired) electrons. The van der Waals surface area contributed by atoms with Gasteiger partial charge in [0.25, 0.3) is 0 Å². The molecule has 1 aliphatic rings. The number of carbonyl (C=O) groups excluding carboxylic acids is 4. The number of esters is 1. The first-order valence-electron chi connectivity index (χ1n) is 5.87. The molecule has 4 amide bonds. The maximum Gasteiger partial charge on any atom is 0.340 e. The molecule has 110 valence electrons. The smallest absolute Gasteiger partial charge is 0.340 e. The highest BCUT2D eigenvalue weighted by Crippen LogP contribution is 2.17. The molecule has 21 heavy (non-hydrogen) atoms. The summed E-state index contributed by atoms with van der Waals surface area (Å²) in [6.45, 7) is -0.258. The van der Waals surface area contributed by atoms with E-state index in [-0.39, 0.29) is 17.7 Å². The van der Waals surface area contributed by atoms with E-state index in [1.54, 1.807) is 0 Å². The lowest BCUT2D eigenvalue weighted by atomic mass is 10.1. The Morgan fingerprint density at radius 2 is 1.90 bits per heavy atom. The quantitative estimate of drug-likeness (QED) is 0.461. The molecule has 1 heterocycles. The van der Waals surface area contributed by atoms with E-state index in [1.165, 1.54) is 19.2 Å². The Kier molecular flexibility index (Phi) is 3.70. The van der Waals surface area contributed by atoms with Gasteiger partial charge in [-0.05, 0) is 17.7 Å². The van der Waals surface area contributed by atoms with Crippen molar-refractivity contribution in [3.05, 3.63) is 35.1 Å². The fraction of sp³-hybridized carbons (Fsp3) is 0.231. The van der Waals surface area contributed by atoms with Crippen LogP contribution < -0.4 is 0 Å². The molecule has 0 unspecified atom stereocenters. The van der Waals surface area contributed by atoms with E-state index in [0.29, 0.717) is 9.80 Å². The van der Waals surface area contributed by atoms with Crippen LogP contribution in [0.15, 0.2) is 18.2 Å². The van der Waals surface area contributed by atoms with Crippen LogP contribution in [0.25, 0.3) is 0 Å². The second-order valence-electron chi connectivity index (χ2n) is 4.34. The van der Waals surface area contributed by atoms with E-state index < -0.39 is 29.6 Å². The highest BCUT2D eigenvalue weighted by molar-refractivity contribution is 6.44. The number of benzene rings is 1. The summed E-state index contributed by atoms with van der Waals surface area (Å²) >= 11 is 0. The van der Waals surface area contributed by atoms with Gasteiger partial charge in [-0.25, -0.2) is 14.0 Å². The van der Waals surface area contributed by atoms with Crippen molar-refractivity contribution in [2.45, 2.75) is 6.54 Å². The van der Waals surface area contributed by atoms with Crippen molar-refractivity contribution >= 4 is 23.8 Å². The van der Waals surface area contributed by atoms with Gasteiger partial charge >= 0.3 is 23.8 Å². The number of urea groups is 1. The lowest BCUT2D eigenvalue weighted by Crippen LogP contribution is -2.31. The van der Waals surface area contributed by atoms with Gasteiger partial charge in [0.1, 0.15) is 5.82 Å². The minimum absolute atomic E-state index is 0.256. The Bertz CT molecular complexity index is 658. The fourth-order valence-electron chi connectivity index (χ4n) is 1.87. The Morgan fingerprint density at radius 3 is 2.38 bits per heavy atom. The van der Waals surface area contributed by atoms with Crippen LogP contribution in [0.4, 0.5) is 9.18 Å². The molecule has 0 saturated carbocycles. The van der Waals surface area contributed by atoms with E-state index in [1.807, 2.05) is 0 Å². The van der Waals surface area contributed by atoms with E-state index in [4.69, 9.17) is 0 Å². The largest absolute Gasteiger partial charge is 0.465 e. The van der Waals surface area contributed by atoms with E-state index >= 15 is 0 Å². The van der Waals surface area contributed by atoms with Crippen molar-refractivity contribution in [1.29, 1.82) is 0 Å². The number of nitrogens with zero attached hydrogens (tertiary/aromatic N) is 2. The number of rotatable bonds is 3. The molecule has 1 aliphatic heterocycles. The number of carbonyl (C=O) groups is 4. The summed E-state index contributed by atoms with van der Waals surface area (Å²) in [6, 6.07) is 2.80. The van der Waals surface area contributed by atoms with Crippen molar-refractivity contribution in [3.8, 4) is 0 Å². The Balaban J connectivity index is 2.23. The van der Waals surface area contributed by atoms with Crippen molar-refractivity contribution in [2.75, 3.05) is 14.2 Å². The van der Waals surface area contributed by atoms with Gasteiger partial charge in [0, 0.05) is 7.05 Å². The van der Waals surface area contributed by atoms with Crippen LogP contribution >= 0.6 is 0 Å². The molecule has 1 fully saturated rings. The average Bonchev–Trinajstić information content (AvgIpc) is 2.64. The zero-order valence-electron chi connectivity index (χ0n) is 11.3. The summed E-state index contributed by atoms with van der Waals surface area (Å²) in [6.07, 6.45) is 0. The minimum atomic E-state index is -0.972. The molecule has 1 aromatic carbocycles. The summed E-state index contributed by atoms with van der Waals surface area (Å²) in [5, 5.41) is 0. The monoisotopic (exact) mass is 294 g/mol. The second-order valence-corrected chi connectivity index (χ2v) is 4.34. The van der Waals surface area contributed by atoms with E-state index in [2.05, 4.69) is 4.74 Å². The van der Waals surface area contributed by atoms with Gasteiger partial charge in [-0.15, -0.1) is 0 Å². The summed E-state index contributed by atoms with van der Waals surface area (Å²) in [5.41, 5.74) is 0.0125. The zero-order chi connectivity index (χ0) is 15.7. The molecule has 0 bridgehead atoms. The molecule has 0 atom stereocenters. The van der Waals surface area contributed by atoms with Gasteiger partial charge < -0.3 is 4.74 Å². The molecule has 8 heteroatoms. The van der Waals surface area contributed by atoms with E-state index in [9.17, 15) is 23.6 Å². The van der Waals surface area contributed by atoms with Crippen LogP contribution in [0, 0.1) is 5.82 Å². The number of hydrogen-bond acceptors (Lipinski definition) is 5. The third-order valence-electron chi connectivity index (χ3n) is 3.03. The first-order chi connectivity index (χ1) is 9.86. The van der Waals surface area contributed by atoms with Crippen molar-refractivity contribution < 1.29 is 28.3 Å². The Labute approximate surface area is 118 Å². The number of halogens is 1. The predicted molar refractivity (Wildman–Crippen MR) is 66.5 cm³/mol. The predicted octanol–water partition coefficient (Wildman–Crippen LogP) is 0.533. The van der Waals surface area contributed by atoms with Crippen LogP contribution in [0.1, 0.15) is 15.9 Å². The SMILES string of the molecule is COC(=O)c1ccc(CN2C(=O)C(=O)N(C)C2=O)cc1F. The normalized spacial score (nSPS) is 14.9. The maximum atomic E-state index is 13.7. The molecular weight excluding hydrogens is 283 g/mol. The number of amides is 4. The molecule has 1 saturated heterocycles. The fourth-order valence-corrected chi connectivity index (χ4v) is 1.87. The molecule has 0 aromatic heterocycles. The molecule has 0 N–H and O–H groups in total. The highest BCUT2D eigenvalue weighted by Gasteiger charge is 2.42. The van der Waals surface area contributed by atoms with Gasteiger partial charge in [-0.1, -0.05) is 6.07 Å². The van der Waals surface area contributed by atoms with Crippen LogP contribution in [0.2, 0.25) is 0 Å². The molecule has 7 nitrogen and oxygen atoms in total. The van der Waals surface area contributed by atoms with E-state index in [0.717, 1.165) is 13.2 Å². The lowest BCUT2D eigenvalue weighted by molar-refractivity contribution is -0.143. The van der Waals surface area contributed by atoms with Crippen LogP contribution in [-0.4, -0.2) is 47.8 Å². The first kappa shape index (κ1) is 14.6. The Morgan fingerprint density at radius 1 is 1.24 bits per heavy atom. The topological polar surface area (TPSA) is 84.0 Å². The molecule has 0 spiro atoms. The summed E-state index contributed by atoms with van der Waals surface area (Å²) in [7, 11) is 2.31. The molecule has 0 aliphatic carbocycles. The second kappa shape index (κ2) is 5.31.